The predicted octanol–water partition coefficient (Wildman–Crippen LogP) is 6.77. The van der Waals surface area contributed by atoms with Crippen molar-refractivity contribution in [3.8, 4) is 0 Å². The number of amides is 1. The zero-order valence-corrected chi connectivity index (χ0v) is 22.5. The molecule has 3 atom stereocenters. The molecule has 0 spiro atoms. The summed E-state index contributed by atoms with van der Waals surface area (Å²) in [6, 6.07) is 0. The summed E-state index contributed by atoms with van der Waals surface area (Å²) in [7, 11) is 0. The van der Waals surface area contributed by atoms with Crippen LogP contribution in [0.15, 0.2) is 0 Å². The summed E-state index contributed by atoms with van der Waals surface area (Å²) >= 11 is 0. The number of ether oxygens (including phenoxy) is 2. The van der Waals surface area contributed by atoms with Crippen molar-refractivity contribution in [2.75, 3.05) is 0 Å². The molecule has 0 aromatic rings. The van der Waals surface area contributed by atoms with E-state index in [1.807, 2.05) is 0 Å². The molecule has 2 rings (SSSR count). The molecule has 1 saturated heterocycles. The first kappa shape index (κ1) is 29.6. The number of rotatable bonds is 20. The number of hydrogen-bond acceptors (Lipinski definition) is 5. The number of cyclic esters (lactones) is 1. The van der Waals surface area contributed by atoms with Crippen LogP contribution < -0.4 is 5.73 Å². The lowest BCUT2D eigenvalue weighted by molar-refractivity contribution is -0.191. The molecule has 1 amide bonds. The topological polar surface area (TPSA) is 95.7 Å². The van der Waals surface area contributed by atoms with Gasteiger partial charge in [-0.25, -0.2) is 0 Å². The normalized spacial score (nSPS) is 21.8. The van der Waals surface area contributed by atoms with Gasteiger partial charge in [-0.1, -0.05) is 104 Å². The SMILES string of the molecule is CCCCCCCCCCC[C@@H](C[C@@H]1OC(=O)C1CCCCCC)OC(=O)C1(C(N)=O)CCCC1. The van der Waals surface area contributed by atoms with E-state index in [1.165, 1.54) is 51.4 Å². The Hall–Kier alpha value is -1.59. The fraction of sp³-hybridized carbons (Fsp3) is 0.897. The lowest BCUT2D eigenvalue weighted by Crippen LogP contribution is -2.48. The van der Waals surface area contributed by atoms with Gasteiger partial charge in [-0.05, 0) is 32.1 Å². The molecule has 1 aliphatic heterocycles. The van der Waals surface area contributed by atoms with Gasteiger partial charge in [0.25, 0.3) is 0 Å². The Morgan fingerprint density at radius 1 is 0.914 bits per heavy atom. The van der Waals surface area contributed by atoms with Gasteiger partial charge in [0.15, 0.2) is 0 Å². The van der Waals surface area contributed by atoms with Crippen LogP contribution in [0.3, 0.4) is 0 Å². The van der Waals surface area contributed by atoms with Gasteiger partial charge in [0.05, 0.1) is 5.92 Å². The molecule has 1 unspecified atom stereocenters. The van der Waals surface area contributed by atoms with Crippen LogP contribution in [0.4, 0.5) is 0 Å². The predicted molar refractivity (Wildman–Crippen MR) is 139 cm³/mol. The van der Waals surface area contributed by atoms with Crippen molar-refractivity contribution in [2.45, 2.75) is 154 Å². The van der Waals surface area contributed by atoms with Crippen LogP contribution in [0.5, 0.6) is 0 Å². The average Bonchev–Trinajstić information content (AvgIpc) is 3.34. The van der Waals surface area contributed by atoms with Gasteiger partial charge in [0.1, 0.15) is 17.6 Å². The molecule has 0 radical (unpaired) electrons. The first-order valence-electron chi connectivity index (χ1n) is 14.7. The highest BCUT2D eigenvalue weighted by molar-refractivity contribution is 6.02. The van der Waals surface area contributed by atoms with Crippen LogP contribution in [0.1, 0.15) is 142 Å². The fourth-order valence-electron chi connectivity index (χ4n) is 5.67. The van der Waals surface area contributed by atoms with Crippen molar-refractivity contribution in [1.82, 2.24) is 0 Å². The maximum atomic E-state index is 13.1. The third-order valence-corrected chi connectivity index (χ3v) is 8.11. The quantitative estimate of drug-likeness (QED) is 0.115. The largest absolute Gasteiger partial charge is 0.461 e. The molecule has 2 fully saturated rings. The highest BCUT2D eigenvalue weighted by atomic mass is 16.6. The molecule has 2 aliphatic rings. The number of hydrogen-bond donors (Lipinski definition) is 1. The number of carbonyl (C=O) groups excluding carboxylic acids is 3. The second-order valence-electron chi connectivity index (χ2n) is 11.0. The van der Waals surface area contributed by atoms with E-state index in [2.05, 4.69) is 13.8 Å². The van der Waals surface area contributed by atoms with E-state index in [4.69, 9.17) is 15.2 Å². The van der Waals surface area contributed by atoms with Gasteiger partial charge in [-0.2, -0.15) is 0 Å². The summed E-state index contributed by atoms with van der Waals surface area (Å²) in [5.41, 5.74) is 4.48. The zero-order valence-electron chi connectivity index (χ0n) is 22.5. The summed E-state index contributed by atoms with van der Waals surface area (Å²) in [6.45, 7) is 4.41. The molecule has 6 nitrogen and oxygen atoms in total. The summed E-state index contributed by atoms with van der Waals surface area (Å²) in [6.07, 6.45) is 19.7. The maximum Gasteiger partial charge on any atom is 0.321 e. The Bertz CT molecular complexity index is 643. The van der Waals surface area contributed by atoms with Gasteiger partial charge in [-0.15, -0.1) is 0 Å². The van der Waals surface area contributed by atoms with Gasteiger partial charge < -0.3 is 15.2 Å². The van der Waals surface area contributed by atoms with E-state index in [0.717, 1.165) is 57.8 Å². The molecule has 1 aliphatic carbocycles. The van der Waals surface area contributed by atoms with E-state index >= 15 is 0 Å². The molecular weight excluding hydrogens is 442 g/mol. The Labute approximate surface area is 213 Å². The van der Waals surface area contributed by atoms with Gasteiger partial charge in [-0.3, -0.25) is 14.4 Å². The standard InChI is InChI=1S/C29H51NO5/c1-3-5-7-9-10-11-12-13-14-18-23(34-28(33)29(27(30)32)20-16-17-21-29)22-25-24(26(31)35-25)19-15-8-6-4-2/h23-25H,3-22H2,1-2H3,(H2,30,32)/t23-,24?,25-/m0/s1. The minimum absolute atomic E-state index is 0.0900. The molecule has 1 heterocycles. The summed E-state index contributed by atoms with van der Waals surface area (Å²) in [5.74, 6) is -1.24. The van der Waals surface area contributed by atoms with Gasteiger partial charge in [0.2, 0.25) is 5.91 Å². The Balaban J connectivity index is 1.86. The third-order valence-electron chi connectivity index (χ3n) is 8.11. The second kappa shape index (κ2) is 16.2. The molecule has 202 valence electrons. The number of carbonyl (C=O) groups is 3. The third kappa shape index (κ3) is 9.42. The number of unbranched alkanes of at least 4 members (excludes halogenated alkanes) is 11. The van der Waals surface area contributed by atoms with E-state index in [9.17, 15) is 14.4 Å². The maximum absolute atomic E-state index is 13.1. The van der Waals surface area contributed by atoms with Crippen LogP contribution in [0, 0.1) is 11.3 Å². The average molecular weight is 494 g/mol. The molecular formula is C29H51NO5. The molecule has 35 heavy (non-hydrogen) atoms. The smallest absolute Gasteiger partial charge is 0.321 e. The fourth-order valence-corrected chi connectivity index (χ4v) is 5.67. The van der Waals surface area contributed by atoms with Gasteiger partial charge in [0, 0.05) is 6.42 Å². The van der Waals surface area contributed by atoms with Crippen molar-refractivity contribution >= 4 is 17.8 Å². The van der Waals surface area contributed by atoms with E-state index in [0.29, 0.717) is 19.3 Å². The van der Waals surface area contributed by atoms with Crippen molar-refractivity contribution < 1.29 is 23.9 Å². The summed E-state index contributed by atoms with van der Waals surface area (Å²) in [5, 5.41) is 0. The van der Waals surface area contributed by atoms with E-state index in [-0.39, 0.29) is 24.1 Å². The minimum atomic E-state index is -1.17. The molecule has 6 heteroatoms. The summed E-state index contributed by atoms with van der Waals surface area (Å²) < 4.78 is 11.5. The number of esters is 2. The minimum Gasteiger partial charge on any atom is -0.461 e. The number of nitrogens with two attached hydrogens (primary N) is 1. The van der Waals surface area contributed by atoms with Crippen molar-refractivity contribution in [1.29, 1.82) is 0 Å². The van der Waals surface area contributed by atoms with Crippen molar-refractivity contribution in [3.05, 3.63) is 0 Å². The van der Waals surface area contributed by atoms with E-state index < -0.39 is 17.3 Å². The molecule has 0 bridgehead atoms. The molecule has 0 aromatic carbocycles. The van der Waals surface area contributed by atoms with Crippen LogP contribution in [0.25, 0.3) is 0 Å². The highest BCUT2D eigenvalue weighted by Crippen LogP contribution is 2.40. The first-order chi connectivity index (χ1) is 16.9. The van der Waals surface area contributed by atoms with Crippen LogP contribution >= 0.6 is 0 Å². The summed E-state index contributed by atoms with van der Waals surface area (Å²) in [4.78, 5) is 37.4. The second-order valence-corrected chi connectivity index (χ2v) is 11.0. The number of primary amides is 1. The molecule has 1 saturated carbocycles. The lowest BCUT2D eigenvalue weighted by Gasteiger charge is -2.37. The van der Waals surface area contributed by atoms with Gasteiger partial charge >= 0.3 is 11.9 Å². The van der Waals surface area contributed by atoms with Crippen LogP contribution in [-0.2, 0) is 23.9 Å². The monoisotopic (exact) mass is 493 g/mol. The van der Waals surface area contributed by atoms with Crippen LogP contribution in [-0.4, -0.2) is 30.1 Å². The Morgan fingerprint density at radius 2 is 1.46 bits per heavy atom. The lowest BCUT2D eigenvalue weighted by atomic mass is 9.84. The molecule has 2 N–H and O–H groups in total. The zero-order chi connectivity index (χ0) is 25.5. The van der Waals surface area contributed by atoms with Crippen molar-refractivity contribution in [3.63, 3.8) is 0 Å². The first-order valence-corrected chi connectivity index (χ1v) is 14.7. The Kier molecular flexibility index (Phi) is 13.7. The van der Waals surface area contributed by atoms with Crippen LogP contribution in [0.2, 0.25) is 0 Å². The van der Waals surface area contributed by atoms with E-state index in [1.54, 1.807) is 0 Å². The van der Waals surface area contributed by atoms with Crippen molar-refractivity contribution in [2.24, 2.45) is 17.1 Å². The molecule has 0 aromatic heterocycles. The Morgan fingerprint density at radius 3 is 2.00 bits per heavy atom. The highest BCUT2D eigenvalue weighted by Gasteiger charge is 2.49.